The fourth-order valence-electron chi connectivity index (χ4n) is 5.44. The van der Waals surface area contributed by atoms with Crippen molar-refractivity contribution in [2.45, 2.75) is 61.2 Å². The van der Waals surface area contributed by atoms with E-state index in [0.29, 0.717) is 25.2 Å². The van der Waals surface area contributed by atoms with Gasteiger partial charge in [0.05, 0.1) is 27.3 Å². The zero-order valence-electron chi connectivity index (χ0n) is 27.7. The number of likely N-dealkylation sites (tertiary alicyclic amines) is 2. The molecule has 0 amide bonds. The summed E-state index contributed by atoms with van der Waals surface area (Å²) in [5.41, 5.74) is 1.73. The summed E-state index contributed by atoms with van der Waals surface area (Å²) in [6, 6.07) is 18.7. The van der Waals surface area contributed by atoms with Gasteiger partial charge in [-0.2, -0.15) is 14.5 Å². The van der Waals surface area contributed by atoms with Gasteiger partial charge in [0, 0.05) is 37.6 Å². The Labute approximate surface area is 282 Å². The van der Waals surface area contributed by atoms with Crippen molar-refractivity contribution in [2.75, 3.05) is 41.4 Å². The Balaban J connectivity index is 0.000000250. The first kappa shape index (κ1) is 35.5. The SMILES string of the molecule is CN1CC[C@H]1Cn1ccc(S(N)(=O)=O)n1.COc1ccc(CN(Cc2ccc(OC)cc2)S(=O)(=O)c2ccn(C[C@@H]3CCN3C)n2)cc1. The van der Waals surface area contributed by atoms with Crippen LogP contribution in [0.5, 0.6) is 11.5 Å². The molecule has 0 unspecified atom stereocenters. The summed E-state index contributed by atoms with van der Waals surface area (Å²) < 4.78 is 64.5. The lowest BCUT2D eigenvalue weighted by atomic mass is 10.1. The number of hydrogen-bond donors (Lipinski definition) is 1. The Morgan fingerprint density at radius 3 is 1.46 bits per heavy atom. The van der Waals surface area contributed by atoms with E-state index < -0.39 is 20.0 Å². The van der Waals surface area contributed by atoms with E-state index in [1.165, 1.54) is 10.4 Å². The highest BCUT2D eigenvalue weighted by atomic mass is 32.2. The average molecular weight is 701 g/mol. The third kappa shape index (κ3) is 8.80. The Bertz CT molecular complexity index is 1810. The van der Waals surface area contributed by atoms with Gasteiger partial charge < -0.3 is 19.3 Å². The molecule has 0 saturated carbocycles. The van der Waals surface area contributed by atoms with Crippen LogP contribution in [0, 0.1) is 0 Å². The molecule has 2 fully saturated rings. The second kappa shape index (κ2) is 15.2. The van der Waals surface area contributed by atoms with Gasteiger partial charge in [-0.05, 0) is 87.6 Å². The number of nitrogens with two attached hydrogens (primary N) is 1. The number of ether oxygens (including phenoxy) is 2. The lowest BCUT2D eigenvalue weighted by Gasteiger charge is -2.37. The van der Waals surface area contributed by atoms with Crippen molar-refractivity contribution < 1.29 is 26.3 Å². The molecule has 16 heteroatoms. The third-order valence-electron chi connectivity index (χ3n) is 8.84. The molecule has 2 aliphatic heterocycles. The quantitative estimate of drug-likeness (QED) is 0.219. The number of hydrogen-bond acceptors (Lipinski definition) is 10. The topological polar surface area (TPSA) is 158 Å². The fraction of sp³-hybridized carbons (Fsp3) is 0.438. The predicted octanol–water partition coefficient (Wildman–Crippen LogP) is 2.23. The molecule has 6 rings (SSSR count). The average Bonchev–Trinajstić information content (AvgIpc) is 3.76. The normalized spacial score (nSPS) is 18.5. The molecule has 4 aromatic rings. The standard InChI is InChI=1S/C24H30N4O4S.C8H14N4O2S/c1-26-14-12-21(26)18-27-15-13-24(25-27)33(29,30)28(16-19-4-8-22(31-2)9-5-19)17-20-6-10-23(32-3)11-7-20;1-11-4-2-7(11)6-12-5-3-8(10-12)15(9,13)14/h4-11,13,15,21H,12,14,16-18H2,1-3H3;3,5,7H,2,4,6H2,1H3,(H2,9,13,14)/t21-;7-/m00/s1. The van der Waals surface area contributed by atoms with Gasteiger partial charge in [-0.25, -0.2) is 22.0 Å². The molecule has 2 aromatic heterocycles. The Morgan fingerprint density at radius 1 is 0.708 bits per heavy atom. The van der Waals surface area contributed by atoms with Crippen LogP contribution in [-0.4, -0.2) is 104 Å². The summed E-state index contributed by atoms with van der Waals surface area (Å²) >= 11 is 0. The molecule has 2 N–H and O–H groups in total. The molecule has 2 saturated heterocycles. The summed E-state index contributed by atoms with van der Waals surface area (Å²) in [4.78, 5) is 4.45. The molecule has 0 spiro atoms. The van der Waals surface area contributed by atoms with Crippen molar-refractivity contribution in [1.29, 1.82) is 0 Å². The van der Waals surface area contributed by atoms with E-state index in [1.54, 1.807) is 42.0 Å². The number of likely N-dealkylation sites (N-methyl/N-ethyl adjacent to an activating group) is 2. The minimum atomic E-state index is -3.82. The van der Waals surface area contributed by atoms with Crippen molar-refractivity contribution >= 4 is 20.0 Å². The van der Waals surface area contributed by atoms with Gasteiger partial charge in [-0.3, -0.25) is 9.36 Å². The lowest BCUT2D eigenvalue weighted by Crippen LogP contribution is -2.47. The van der Waals surface area contributed by atoms with Crippen LogP contribution >= 0.6 is 0 Å². The zero-order valence-corrected chi connectivity index (χ0v) is 29.3. The van der Waals surface area contributed by atoms with E-state index in [-0.39, 0.29) is 23.1 Å². The molecule has 4 heterocycles. The second-order valence-corrected chi connectivity index (χ2v) is 15.5. The molecular formula is C32H44N8O6S2. The molecule has 2 aromatic carbocycles. The maximum Gasteiger partial charge on any atom is 0.262 e. The van der Waals surface area contributed by atoms with Crippen molar-refractivity contribution in [3.63, 3.8) is 0 Å². The highest BCUT2D eigenvalue weighted by Crippen LogP contribution is 2.24. The Kier molecular flexibility index (Phi) is 11.2. The first-order valence-corrected chi connectivity index (χ1v) is 18.6. The summed E-state index contributed by atoms with van der Waals surface area (Å²) in [6.45, 7) is 3.99. The van der Waals surface area contributed by atoms with Gasteiger partial charge >= 0.3 is 0 Å². The van der Waals surface area contributed by atoms with Crippen LogP contribution in [0.3, 0.4) is 0 Å². The molecule has 14 nitrogen and oxygen atoms in total. The summed E-state index contributed by atoms with van der Waals surface area (Å²) in [5.74, 6) is 1.45. The van der Waals surface area contributed by atoms with E-state index in [0.717, 1.165) is 48.6 Å². The number of rotatable bonds is 13. The monoisotopic (exact) mass is 700 g/mol. The Morgan fingerprint density at radius 2 is 1.12 bits per heavy atom. The number of primary sulfonamides is 1. The summed E-state index contributed by atoms with van der Waals surface area (Å²) in [6.07, 6.45) is 5.62. The highest BCUT2D eigenvalue weighted by Gasteiger charge is 2.29. The summed E-state index contributed by atoms with van der Waals surface area (Å²) in [5, 5.41) is 13.3. The number of benzene rings is 2. The third-order valence-corrected chi connectivity index (χ3v) is 11.3. The first-order chi connectivity index (χ1) is 22.8. The van der Waals surface area contributed by atoms with Crippen LogP contribution in [0.2, 0.25) is 0 Å². The summed E-state index contributed by atoms with van der Waals surface area (Å²) in [7, 11) is -0.168. The Hall–Kier alpha value is -3.80. The van der Waals surface area contributed by atoms with Crippen molar-refractivity contribution in [2.24, 2.45) is 5.14 Å². The van der Waals surface area contributed by atoms with Gasteiger partial charge in [0.25, 0.3) is 20.0 Å². The molecule has 2 aliphatic rings. The highest BCUT2D eigenvalue weighted by molar-refractivity contribution is 7.89. The van der Waals surface area contributed by atoms with E-state index in [2.05, 4.69) is 27.0 Å². The van der Waals surface area contributed by atoms with Crippen LogP contribution in [0.25, 0.3) is 0 Å². The van der Waals surface area contributed by atoms with Gasteiger partial charge in [0.2, 0.25) is 0 Å². The molecule has 0 bridgehead atoms. The number of methoxy groups -OCH3 is 2. The van der Waals surface area contributed by atoms with Crippen LogP contribution < -0.4 is 14.6 Å². The van der Waals surface area contributed by atoms with E-state index in [9.17, 15) is 16.8 Å². The van der Waals surface area contributed by atoms with Crippen LogP contribution in [-0.2, 0) is 46.2 Å². The molecular weight excluding hydrogens is 657 g/mol. The number of sulfonamides is 2. The van der Waals surface area contributed by atoms with Gasteiger partial charge in [0.15, 0.2) is 10.1 Å². The van der Waals surface area contributed by atoms with Crippen molar-refractivity contribution in [3.8, 4) is 11.5 Å². The number of aromatic nitrogens is 4. The van der Waals surface area contributed by atoms with Gasteiger partial charge in [-0.1, -0.05) is 24.3 Å². The molecule has 0 aliphatic carbocycles. The minimum absolute atomic E-state index is 0.0616. The largest absolute Gasteiger partial charge is 0.497 e. The van der Waals surface area contributed by atoms with Crippen LogP contribution in [0.1, 0.15) is 24.0 Å². The van der Waals surface area contributed by atoms with Crippen molar-refractivity contribution in [1.82, 2.24) is 33.7 Å². The predicted molar refractivity (Wildman–Crippen MR) is 180 cm³/mol. The molecule has 48 heavy (non-hydrogen) atoms. The van der Waals surface area contributed by atoms with Crippen molar-refractivity contribution in [3.05, 3.63) is 84.2 Å². The van der Waals surface area contributed by atoms with E-state index in [1.807, 2.05) is 55.6 Å². The molecule has 0 radical (unpaired) electrons. The lowest BCUT2D eigenvalue weighted by molar-refractivity contribution is 0.106. The first-order valence-electron chi connectivity index (χ1n) is 15.6. The second-order valence-electron chi connectivity index (χ2n) is 12.1. The maximum absolute atomic E-state index is 13.6. The fourth-order valence-corrected chi connectivity index (χ4v) is 7.25. The van der Waals surface area contributed by atoms with Gasteiger partial charge in [-0.15, -0.1) is 0 Å². The number of nitrogens with zero attached hydrogens (tertiary/aromatic N) is 7. The van der Waals surface area contributed by atoms with E-state index >= 15 is 0 Å². The van der Waals surface area contributed by atoms with Crippen LogP contribution in [0.4, 0.5) is 0 Å². The zero-order chi connectivity index (χ0) is 34.5. The van der Waals surface area contributed by atoms with E-state index in [4.69, 9.17) is 14.6 Å². The maximum atomic E-state index is 13.6. The van der Waals surface area contributed by atoms with Crippen LogP contribution in [0.15, 0.2) is 83.1 Å². The smallest absolute Gasteiger partial charge is 0.262 e. The molecule has 260 valence electrons. The van der Waals surface area contributed by atoms with Gasteiger partial charge in [0.1, 0.15) is 11.5 Å². The molecule has 2 atom stereocenters. The minimum Gasteiger partial charge on any atom is -0.497 e.